The molecule has 1 aromatic rings. The van der Waals surface area contributed by atoms with E-state index in [4.69, 9.17) is 26.8 Å². The Hall–Kier alpha value is -0.620. The van der Waals surface area contributed by atoms with Gasteiger partial charge in [0.05, 0.1) is 42.2 Å². The quantitative estimate of drug-likeness (QED) is 0.871. The van der Waals surface area contributed by atoms with Crippen LogP contribution in [0.4, 0.5) is 0 Å². The molecule has 1 fully saturated rings. The van der Waals surface area contributed by atoms with E-state index in [1.54, 1.807) is 13.3 Å². The Morgan fingerprint density at radius 1 is 1.63 bits per heavy atom. The third-order valence-corrected chi connectivity index (χ3v) is 3.77. The van der Waals surface area contributed by atoms with E-state index in [1.165, 1.54) is 6.42 Å². The molecule has 19 heavy (non-hydrogen) atoms. The van der Waals surface area contributed by atoms with Gasteiger partial charge >= 0.3 is 0 Å². The number of nitrogens with zero attached hydrogens (tertiary/aromatic N) is 2. The molecule has 2 atom stereocenters. The molecule has 1 saturated heterocycles. The van der Waals surface area contributed by atoms with Crippen molar-refractivity contribution < 1.29 is 9.47 Å². The Kier molecular flexibility index (Phi) is 5.63. The lowest BCUT2D eigenvalue weighted by atomic mass is 10.0. The highest BCUT2D eigenvalue weighted by Gasteiger charge is 2.22. The lowest BCUT2D eigenvalue weighted by molar-refractivity contribution is 0.00681. The van der Waals surface area contributed by atoms with E-state index in [0.29, 0.717) is 18.2 Å². The fourth-order valence-corrected chi connectivity index (χ4v) is 2.77. The van der Waals surface area contributed by atoms with E-state index in [1.807, 2.05) is 4.68 Å². The molecule has 0 saturated carbocycles. The van der Waals surface area contributed by atoms with Crippen LogP contribution in [0.25, 0.3) is 0 Å². The molecular formula is C13H22ClN3O2. The Bertz CT molecular complexity index is 391. The fourth-order valence-electron chi connectivity index (χ4n) is 2.48. The van der Waals surface area contributed by atoms with Crippen LogP contribution in [0.15, 0.2) is 6.20 Å². The Labute approximate surface area is 119 Å². The first kappa shape index (κ1) is 14.8. The molecule has 0 aromatic carbocycles. The molecule has 2 rings (SSSR count). The van der Waals surface area contributed by atoms with Crippen LogP contribution in [0.5, 0.6) is 0 Å². The molecule has 1 aliphatic heterocycles. The molecule has 0 aliphatic carbocycles. The first-order valence-electron chi connectivity index (χ1n) is 6.79. The number of hydrogen-bond donors (Lipinski definition) is 1. The van der Waals surface area contributed by atoms with Crippen molar-refractivity contribution in [2.24, 2.45) is 5.73 Å². The molecule has 5 nitrogen and oxygen atoms in total. The lowest BCUT2D eigenvalue weighted by Crippen LogP contribution is -2.27. The molecule has 2 N–H and O–H groups in total. The summed E-state index contributed by atoms with van der Waals surface area (Å²) in [6.07, 6.45) is 6.13. The summed E-state index contributed by atoms with van der Waals surface area (Å²) in [6, 6.07) is -0.144. The SMILES string of the molecule is COCCn1ncc(Cl)c1C(N)CC1CCCCO1. The van der Waals surface area contributed by atoms with Crippen LogP contribution < -0.4 is 5.73 Å². The largest absolute Gasteiger partial charge is 0.383 e. The second kappa shape index (κ2) is 7.24. The third-order valence-electron chi connectivity index (χ3n) is 3.48. The zero-order valence-corrected chi connectivity index (χ0v) is 12.1. The first-order chi connectivity index (χ1) is 9.22. The smallest absolute Gasteiger partial charge is 0.0834 e. The van der Waals surface area contributed by atoms with Crippen LogP contribution in [-0.4, -0.2) is 36.2 Å². The summed E-state index contributed by atoms with van der Waals surface area (Å²) in [7, 11) is 1.67. The number of methoxy groups -OCH3 is 1. The van der Waals surface area contributed by atoms with Gasteiger partial charge in [-0.2, -0.15) is 5.10 Å². The van der Waals surface area contributed by atoms with E-state index < -0.39 is 0 Å². The number of nitrogens with two attached hydrogens (primary N) is 1. The summed E-state index contributed by atoms with van der Waals surface area (Å²) >= 11 is 6.19. The minimum Gasteiger partial charge on any atom is -0.383 e. The number of aromatic nitrogens is 2. The standard InChI is InChI=1S/C13H22ClN3O2/c1-18-7-5-17-13(11(14)9-16-17)12(15)8-10-4-2-3-6-19-10/h9-10,12H,2-8,15H2,1H3. The minimum atomic E-state index is -0.144. The predicted molar refractivity (Wildman–Crippen MR) is 74.2 cm³/mol. The molecular weight excluding hydrogens is 266 g/mol. The highest BCUT2D eigenvalue weighted by molar-refractivity contribution is 6.31. The van der Waals surface area contributed by atoms with E-state index in [0.717, 1.165) is 31.6 Å². The summed E-state index contributed by atoms with van der Waals surface area (Å²) in [5.41, 5.74) is 7.16. The summed E-state index contributed by atoms with van der Waals surface area (Å²) in [5.74, 6) is 0. The van der Waals surface area contributed by atoms with Gasteiger partial charge in [0.2, 0.25) is 0 Å². The summed E-state index contributed by atoms with van der Waals surface area (Å²) in [6.45, 7) is 2.10. The summed E-state index contributed by atoms with van der Waals surface area (Å²) in [4.78, 5) is 0. The van der Waals surface area contributed by atoms with Gasteiger partial charge in [0.1, 0.15) is 0 Å². The van der Waals surface area contributed by atoms with Crippen molar-refractivity contribution in [3.05, 3.63) is 16.9 Å². The average Bonchev–Trinajstić information content (AvgIpc) is 2.78. The van der Waals surface area contributed by atoms with E-state index in [2.05, 4.69) is 5.10 Å². The Balaban J connectivity index is 2.00. The second-order valence-electron chi connectivity index (χ2n) is 4.92. The monoisotopic (exact) mass is 287 g/mol. The molecule has 1 aliphatic rings. The maximum atomic E-state index is 6.28. The van der Waals surface area contributed by atoms with Crippen molar-refractivity contribution in [3.63, 3.8) is 0 Å². The molecule has 0 amide bonds. The van der Waals surface area contributed by atoms with Gasteiger partial charge in [-0.15, -0.1) is 0 Å². The zero-order valence-electron chi connectivity index (χ0n) is 11.3. The van der Waals surface area contributed by atoms with Crippen molar-refractivity contribution in [2.75, 3.05) is 20.3 Å². The van der Waals surface area contributed by atoms with Crippen molar-refractivity contribution in [1.29, 1.82) is 0 Å². The number of hydrogen-bond acceptors (Lipinski definition) is 4. The summed E-state index contributed by atoms with van der Waals surface area (Å²) in [5, 5.41) is 4.88. The average molecular weight is 288 g/mol. The Morgan fingerprint density at radius 3 is 3.16 bits per heavy atom. The van der Waals surface area contributed by atoms with Crippen molar-refractivity contribution in [1.82, 2.24) is 9.78 Å². The van der Waals surface area contributed by atoms with Gasteiger partial charge in [-0.05, 0) is 25.7 Å². The van der Waals surface area contributed by atoms with Crippen LogP contribution >= 0.6 is 11.6 Å². The zero-order chi connectivity index (χ0) is 13.7. The highest BCUT2D eigenvalue weighted by Crippen LogP contribution is 2.27. The van der Waals surface area contributed by atoms with Gasteiger partial charge < -0.3 is 15.2 Å². The molecule has 6 heteroatoms. The summed E-state index contributed by atoms with van der Waals surface area (Å²) < 4.78 is 12.6. The van der Waals surface area contributed by atoms with Gasteiger partial charge in [0, 0.05) is 13.7 Å². The van der Waals surface area contributed by atoms with Crippen molar-refractivity contribution in [3.8, 4) is 0 Å². The number of ether oxygens (including phenoxy) is 2. The molecule has 2 unspecified atom stereocenters. The van der Waals surface area contributed by atoms with E-state index in [-0.39, 0.29) is 12.1 Å². The third kappa shape index (κ3) is 3.92. The van der Waals surface area contributed by atoms with Crippen LogP contribution in [0.3, 0.4) is 0 Å². The van der Waals surface area contributed by atoms with Gasteiger partial charge in [0.15, 0.2) is 0 Å². The van der Waals surface area contributed by atoms with Crippen LogP contribution in [0.2, 0.25) is 5.02 Å². The highest BCUT2D eigenvalue weighted by atomic mass is 35.5. The van der Waals surface area contributed by atoms with Gasteiger partial charge in [-0.3, -0.25) is 4.68 Å². The van der Waals surface area contributed by atoms with E-state index >= 15 is 0 Å². The maximum Gasteiger partial charge on any atom is 0.0834 e. The minimum absolute atomic E-state index is 0.144. The van der Waals surface area contributed by atoms with Gasteiger partial charge in [-0.1, -0.05) is 11.6 Å². The molecule has 0 spiro atoms. The van der Waals surface area contributed by atoms with Gasteiger partial charge in [0.25, 0.3) is 0 Å². The fraction of sp³-hybridized carbons (Fsp3) is 0.769. The van der Waals surface area contributed by atoms with Crippen molar-refractivity contribution >= 4 is 11.6 Å². The van der Waals surface area contributed by atoms with Gasteiger partial charge in [-0.25, -0.2) is 0 Å². The number of rotatable bonds is 6. The Morgan fingerprint density at radius 2 is 2.47 bits per heavy atom. The molecule has 2 heterocycles. The molecule has 0 radical (unpaired) electrons. The topological polar surface area (TPSA) is 62.3 Å². The normalized spacial score (nSPS) is 21.5. The van der Waals surface area contributed by atoms with Crippen molar-refractivity contribution in [2.45, 2.75) is 44.4 Å². The van der Waals surface area contributed by atoms with E-state index in [9.17, 15) is 0 Å². The molecule has 108 valence electrons. The van der Waals surface area contributed by atoms with Crippen LogP contribution in [-0.2, 0) is 16.0 Å². The predicted octanol–water partition coefficient (Wildman–Crippen LogP) is 2.14. The lowest BCUT2D eigenvalue weighted by Gasteiger charge is -2.25. The number of halogens is 1. The van der Waals surface area contributed by atoms with Crippen LogP contribution in [0.1, 0.15) is 37.4 Å². The second-order valence-corrected chi connectivity index (χ2v) is 5.33. The van der Waals surface area contributed by atoms with Crippen LogP contribution in [0, 0.1) is 0 Å². The molecule has 0 bridgehead atoms. The first-order valence-corrected chi connectivity index (χ1v) is 7.17. The maximum absolute atomic E-state index is 6.28. The molecule has 1 aromatic heterocycles.